The first-order chi connectivity index (χ1) is 16.0. The van der Waals surface area contributed by atoms with Crippen LogP contribution in [0.3, 0.4) is 0 Å². The van der Waals surface area contributed by atoms with E-state index in [1.807, 2.05) is 24.3 Å². The lowest BCUT2D eigenvalue weighted by Gasteiger charge is -2.36. The number of esters is 1. The van der Waals surface area contributed by atoms with Gasteiger partial charge in [-0.1, -0.05) is 24.3 Å². The van der Waals surface area contributed by atoms with Crippen molar-refractivity contribution in [2.75, 3.05) is 50.8 Å². The number of nitrogens with zero attached hydrogens (tertiary/aromatic N) is 3. The molecule has 1 fully saturated rings. The van der Waals surface area contributed by atoms with Crippen molar-refractivity contribution in [1.82, 2.24) is 8.87 Å². The molecular formula is C24H30N4O4S. The van der Waals surface area contributed by atoms with E-state index in [4.69, 9.17) is 10.5 Å². The zero-order valence-electron chi connectivity index (χ0n) is 18.6. The number of anilines is 1. The third-order valence-electron chi connectivity index (χ3n) is 5.94. The van der Waals surface area contributed by atoms with Gasteiger partial charge in [0.2, 0.25) is 0 Å². The zero-order chi connectivity index (χ0) is 23.3. The number of carbonyl (C=O) groups excluding carboxylic acids is 1. The van der Waals surface area contributed by atoms with Crippen molar-refractivity contribution < 1.29 is 17.9 Å². The Morgan fingerprint density at radius 1 is 0.970 bits per heavy atom. The fourth-order valence-corrected chi connectivity index (χ4v) is 5.51. The van der Waals surface area contributed by atoms with Gasteiger partial charge in [0.05, 0.1) is 10.4 Å². The minimum absolute atomic E-state index is 0.194. The lowest BCUT2D eigenvalue weighted by atomic mass is 10.1. The Balaban J connectivity index is 1.42. The minimum atomic E-state index is -3.66. The number of benzene rings is 2. The summed E-state index contributed by atoms with van der Waals surface area (Å²) in [7, 11) is -3.66. The molecule has 33 heavy (non-hydrogen) atoms. The second-order valence-electron chi connectivity index (χ2n) is 8.08. The number of nitrogens with two attached hydrogens (primary N) is 1. The molecule has 1 aliphatic heterocycles. The van der Waals surface area contributed by atoms with E-state index < -0.39 is 10.0 Å². The second-order valence-corrected chi connectivity index (χ2v) is 9.90. The van der Waals surface area contributed by atoms with Crippen LogP contribution < -0.4 is 10.6 Å². The molecule has 4 rings (SSSR count). The Labute approximate surface area is 194 Å². The van der Waals surface area contributed by atoms with Crippen molar-refractivity contribution in [3.63, 3.8) is 0 Å². The Kier molecular flexibility index (Phi) is 7.32. The molecule has 3 aromatic rings. The molecule has 0 amide bonds. The van der Waals surface area contributed by atoms with Gasteiger partial charge in [0.15, 0.2) is 0 Å². The molecule has 1 aromatic heterocycles. The first kappa shape index (κ1) is 23.3. The second kappa shape index (κ2) is 10.4. The molecule has 2 aromatic carbocycles. The molecule has 9 heteroatoms. The zero-order valence-corrected chi connectivity index (χ0v) is 19.4. The third-order valence-corrected chi connectivity index (χ3v) is 7.65. The highest BCUT2D eigenvalue weighted by Gasteiger charge is 2.22. The van der Waals surface area contributed by atoms with Crippen LogP contribution in [-0.2, 0) is 19.6 Å². The summed E-state index contributed by atoms with van der Waals surface area (Å²) in [5.41, 5.74) is 7.11. The van der Waals surface area contributed by atoms with E-state index in [0.717, 1.165) is 37.3 Å². The van der Waals surface area contributed by atoms with Crippen molar-refractivity contribution in [2.24, 2.45) is 5.73 Å². The van der Waals surface area contributed by atoms with Crippen LogP contribution >= 0.6 is 0 Å². The first-order valence-electron chi connectivity index (χ1n) is 11.2. The van der Waals surface area contributed by atoms with Crippen LogP contribution in [-0.4, -0.2) is 69.1 Å². The molecule has 2 N–H and O–H groups in total. The lowest BCUT2D eigenvalue weighted by molar-refractivity contribution is -0.144. The van der Waals surface area contributed by atoms with Gasteiger partial charge in [0.25, 0.3) is 10.0 Å². The van der Waals surface area contributed by atoms with E-state index in [1.165, 1.54) is 3.97 Å². The molecule has 1 saturated heterocycles. The Morgan fingerprint density at radius 3 is 2.45 bits per heavy atom. The molecule has 0 radical (unpaired) electrons. The summed E-state index contributed by atoms with van der Waals surface area (Å²) in [6, 6.07) is 16.1. The number of aromatic nitrogens is 1. The van der Waals surface area contributed by atoms with Crippen molar-refractivity contribution in [3.05, 3.63) is 60.8 Å². The summed E-state index contributed by atoms with van der Waals surface area (Å²) in [4.78, 5) is 16.4. The highest BCUT2D eigenvalue weighted by Crippen LogP contribution is 2.30. The molecule has 8 nitrogen and oxygen atoms in total. The molecular weight excluding hydrogens is 440 g/mol. The number of ether oxygens (including phenoxy) is 1. The largest absolute Gasteiger partial charge is 0.464 e. The number of carbonyl (C=O) groups is 1. The van der Waals surface area contributed by atoms with Gasteiger partial charge in [-0.15, -0.1) is 0 Å². The van der Waals surface area contributed by atoms with E-state index in [0.29, 0.717) is 38.1 Å². The number of hydrogen-bond acceptors (Lipinski definition) is 7. The third kappa shape index (κ3) is 5.21. The van der Waals surface area contributed by atoms with Gasteiger partial charge in [-0.25, -0.2) is 12.4 Å². The molecule has 0 bridgehead atoms. The SMILES string of the molecule is NCCCC(=O)OCCN1CCN(c2cccc3c2ccn3S(=O)(=O)c2ccccc2)CC1. The molecule has 0 atom stereocenters. The number of fused-ring (bicyclic) bond motifs is 1. The monoisotopic (exact) mass is 470 g/mol. The van der Waals surface area contributed by atoms with Crippen molar-refractivity contribution in [3.8, 4) is 0 Å². The molecule has 176 valence electrons. The maximum Gasteiger partial charge on any atom is 0.305 e. The highest BCUT2D eigenvalue weighted by molar-refractivity contribution is 7.90. The van der Waals surface area contributed by atoms with Crippen molar-refractivity contribution in [1.29, 1.82) is 0 Å². The van der Waals surface area contributed by atoms with Gasteiger partial charge in [-0.05, 0) is 43.3 Å². The van der Waals surface area contributed by atoms with Gasteiger partial charge in [0.1, 0.15) is 6.61 Å². The van der Waals surface area contributed by atoms with Crippen LogP contribution in [0.15, 0.2) is 65.7 Å². The summed E-state index contributed by atoms with van der Waals surface area (Å²) in [5.74, 6) is -0.194. The average molecular weight is 471 g/mol. The van der Waals surface area contributed by atoms with Crippen molar-refractivity contribution >= 4 is 32.6 Å². The Morgan fingerprint density at radius 2 is 1.73 bits per heavy atom. The van der Waals surface area contributed by atoms with E-state index >= 15 is 0 Å². The summed E-state index contributed by atoms with van der Waals surface area (Å²) in [6.45, 7) is 4.91. The minimum Gasteiger partial charge on any atom is -0.464 e. The van der Waals surface area contributed by atoms with E-state index in [1.54, 1.807) is 36.5 Å². The summed E-state index contributed by atoms with van der Waals surface area (Å²) in [6.07, 6.45) is 2.65. The van der Waals surface area contributed by atoms with E-state index in [2.05, 4.69) is 9.80 Å². The number of piperazine rings is 1. The van der Waals surface area contributed by atoms with Crippen LogP contribution in [0.5, 0.6) is 0 Å². The van der Waals surface area contributed by atoms with Gasteiger partial charge < -0.3 is 15.4 Å². The quantitative estimate of drug-likeness (QED) is 0.479. The number of hydrogen-bond donors (Lipinski definition) is 1. The van der Waals surface area contributed by atoms with Gasteiger partial charge in [-0.3, -0.25) is 9.69 Å². The smallest absolute Gasteiger partial charge is 0.305 e. The standard InChI is InChI=1S/C24H30N4O4S/c25-12-5-10-24(29)32-19-18-26-14-16-27(17-15-26)22-8-4-9-23-21(22)11-13-28(23)33(30,31)20-6-2-1-3-7-20/h1-4,6-9,11,13H,5,10,12,14-19,25H2. The maximum absolute atomic E-state index is 13.1. The van der Waals surface area contributed by atoms with Gasteiger partial charge in [0, 0.05) is 56.4 Å². The van der Waals surface area contributed by atoms with Crippen LogP contribution in [0.4, 0.5) is 5.69 Å². The van der Waals surface area contributed by atoms with Gasteiger partial charge in [-0.2, -0.15) is 0 Å². The van der Waals surface area contributed by atoms with Crippen LogP contribution in [0.2, 0.25) is 0 Å². The van der Waals surface area contributed by atoms with Crippen molar-refractivity contribution in [2.45, 2.75) is 17.7 Å². The van der Waals surface area contributed by atoms with E-state index in [-0.39, 0.29) is 10.9 Å². The molecule has 0 saturated carbocycles. The highest BCUT2D eigenvalue weighted by atomic mass is 32.2. The maximum atomic E-state index is 13.1. The average Bonchev–Trinajstić information content (AvgIpc) is 3.29. The fourth-order valence-electron chi connectivity index (χ4n) is 4.14. The Bertz CT molecular complexity index is 1190. The molecule has 0 aliphatic carbocycles. The van der Waals surface area contributed by atoms with Crippen LogP contribution in [0, 0.1) is 0 Å². The normalized spacial score (nSPS) is 15.1. The van der Waals surface area contributed by atoms with E-state index in [9.17, 15) is 13.2 Å². The first-order valence-corrected chi connectivity index (χ1v) is 12.7. The van der Waals surface area contributed by atoms with Crippen LogP contribution in [0.1, 0.15) is 12.8 Å². The predicted octanol–water partition coefficient (Wildman–Crippen LogP) is 2.28. The molecule has 0 spiro atoms. The fraction of sp³-hybridized carbons (Fsp3) is 0.375. The predicted molar refractivity (Wildman–Crippen MR) is 129 cm³/mol. The Hall–Kier alpha value is -2.88. The summed E-state index contributed by atoms with van der Waals surface area (Å²) < 4.78 is 32.9. The van der Waals surface area contributed by atoms with Gasteiger partial charge >= 0.3 is 5.97 Å². The summed E-state index contributed by atoms with van der Waals surface area (Å²) >= 11 is 0. The molecule has 1 aliphatic rings. The summed E-state index contributed by atoms with van der Waals surface area (Å²) in [5, 5.41) is 0.916. The molecule has 2 heterocycles. The van der Waals surface area contributed by atoms with Crippen LogP contribution in [0.25, 0.3) is 10.9 Å². The lowest BCUT2D eigenvalue weighted by Crippen LogP contribution is -2.47. The number of rotatable bonds is 9. The molecule has 0 unspecified atom stereocenters. The topological polar surface area (TPSA) is 97.9 Å².